The quantitative estimate of drug-likeness (QED) is 0.820. The molecule has 1 aromatic heterocycles. The molecule has 1 N–H and O–H groups in total. The van der Waals surface area contributed by atoms with Gasteiger partial charge in [-0.25, -0.2) is 9.97 Å². The molecule has 0 saturated heterocycles. The van der Waals surface area contributed by atoms with Crippen LogP contribution in [0, 0.1) is 5.92 Å². The molecular formula is C15H26N4. The van der Waals surface area contributed by atoms with Crippen LogP contribution < -0.4 is 10.2 Å². The molecule has 2 rings (SSSR count). The Kier molecular flexibility index (Phi) is 4.75. The van der Waals surface area contributed by atoms with Crippen molar-refractivity contribution in [1.82, 2.24) is 15.3 Å². The van der Waals surface area contributed by atoms with E-state index in [4.69, 9.17) is 4.98 Å². The fourth-order valence-electron chi connectivity index (χ4n) is 2.28. The molecule has 0 unspecified atom stereocenters. The lowest BCUT2D eigenvalue weighted by Crippen LogP contribution is -2.28. The Morgan fingerprint density at radius 3 is 2.68 bits per heavy atom. The average Bonchev–Trinajstić information content (AvgIpc) is 3.20. The second kappa shape index (κ2) is 6.33. The Morgan fingerprint density at radius 2 is 2.16 bits per heavy atom. The van der Waals surface area contributed by atoms with E-state index in [2.05, 4.69) is 36.0 Å². The number of nitrogens with zero attached hydrogens (tertiary/aromatic N) is 3. The molecular weight excluding hydrogens is 236 g/mol. The highest BCUT2D eigenvalue weighted by Gasteiger charge is 2.25. The second-order valence-electron chi connectivity index (χ2n) is 5.73. The van der Waals surface area contributed by atoms with Gasteiger partial charge in [0.15, 0.2) is 0 Å². The van der Waals surface area contributed by atoms with E-state index in [1.165, 1.54) is 18.5 Å². The standard InChI is InChI=1S/C15H26N4/c1-5-19(10-12-6-7-12)14-9-17-15(11(2)3)18-13(14)8-16-4/h9,11-12,16H,5-8,10H2,1-4H3. The van der Waals surface area contributed by atoms with E-state index in [0.29, 0.717) is 5.92 Å². The molecule has 0 aromatic carbocycles. The van der Waals surface area contributed by atoms with Crippen molar-refractivity contribution < 1.29 is 0 Å². The lowest BCUT2D eigenvalue weighted by atomic mass is 10.2. The number of rotatable bonds is 7. The van der Waals surface area contributed by atoms with Crippen molar-refractivity contribution in [3.8, 4) is 0 Å². The van der Waals surface area contributed by atoms with Crippen LogP contribution in [-0.2, 0) is 6.54 Å². The van der Waals surface area contributed by atoms with Crippen LogP contribution in [0.1, 0.15) is 51.0 Å². The molecule has 106 valence electrons. The summed E-state index contributed by atoms with van der Waals surface area (Å²) in [5.41, 5.74) is 2.33. The largest absolute Gasteiger partial charge is 0.369 e. The number of aromatic nitrogens is 2. The first kappa shape index (κ1) is 14.3. The summed E-state index contributed by atoms with van der Waals surface area (Å²) in [6, 6.07) is 0. The third-order valence-electron chi connectivity index (χ3n) is 3.62. The van der Waals surface area contributed by atoms with Gasteiger partial charge in [0.25, 0.3) is 0 Å². The summed E-state index contributed by atoms with van der Waals surface area (Å²) in [6.07, 6.45) is 4.77. The van der Waals surface area contributed by atoms with Gasteiger partial charge in [-0.2, -0.15) is 0 Å². The molecule has 0 bridgehead atoms. The van der Waals surface area contributed by atoms with Gasteiger partial charge >= 0.3 is 0 Å². The van der Waals surface area contributed by atoms with Crippen molar-refractivity contribution in [3.05, 3.63) is 17.7 Å². The van der Waals surface area contributed by atoms with Gasteiger partial charge < -0.3 is 10.2 Å². The van der Waals surface area contributed by atoms with Gasteiger partial charge in [-0.15, -0.1) is 0 Å². The summed E-state index contributed by atoms with van der Waals surface area (Å²) in [4.78, 5) is 11.7. The molecule has 0 atom stereocenters. The first-order chi connectivity index (χ1) is 9.15. The van der Waals surface area contributed by atoms with Crippen LogP contribution >= 0.6 is 0 Å². The molecule has 1 aliphatic carbocycles. The Labute approximate surface area is 116 Å². The van der Waals surface area contributed by atoms with Gasteiger partial charge in [0.1, 0.15) is 5.82 Å². The van der Waals surface area contributed by atoms with Crippen molar-refractivity contribution in [2.45, 2.75) is 46.1 Å². The van der Waals surface area contributed by atoms with E-state index >= 15 is 0 Å². The summed E-state index contributed by atoms with van der Waals surface area (Å²) in [5, 5.41) is 3.22. The smallest absolute Gasteiger partial charge is 0.131 e. The Morgan fingerprint density at radius 1 is 1.42 bits per heavy atom. The minimum Gasteiger partial charge on any atom is -0.369 e. The highest BCUT2D eigenvalue weighted by Crippen LogP contribution is 2.32. The first-order valence-corrected chi connectivity index (χ1v) is 7.41. The van der Waals surface area contributed by atoms with Gasteiger partial charge in [0.05, 0.1) is 17.6 Å². The van der Waals surface area contributed by atoms with Crippen LogP contribution in [0.15, 0.2) is 6.20 Å². The molecule has 0 amide bonds. The van der Waals surface area contributed by atoms with Crippen molar-refractivity contribution in [2.24, 2.45) is 5.92 Å². The maximum Gasteiger partial charge on any atom is 0.131 e. The Bertz CT molecular complexity index is 413. The van der Waals surface area contributed by atoms with Gasteiger partial charge in [-0.1, -0.05) is 13.8 Å². The highest BCUT2D eigenvalue weighted by molar-refractivity contribution is 5.49. The lowest BCUT2D eigenvalue weighted by Gasteiger charge is -2.25. The summed E-state index contributed by atoms with van der Waals surface area (Å²) in [6.45, 7) is 9.47. The van der Waals surface area contributed by atoms with E-state index in [-0.39, 0.29) is 0 Å². The normalized spacial score (nSPS) is 15.0. The third kappa shape index (κ3) is 3.66. The zero-order valence-electron chi connectivity index (χ0n) is 12.6. The summed E-state index contributed by atoms with van der Waals surface area (Å²) >= 11 is 0. The minimum absolute atomic E-state index is 0.378. The van der Waals surface area contributed by atoms with Gasteiger partial charge in [-0.3, -0.25) is 0 Å². The number of hydrogen-bond acceptors (Lipinski definition) is 4. The van der Waals surface area contributed by atoms with Crippen molar-refractivity contribution in [1.29, 1.82) is 0 Å². The first-order valence-electron chi connectivity index (χ1n) is 7.41. The number of nitrogens with one attached hydrogen (secondary N) is 1. The molecule has 1 heterocycles. The lowest BCUT2D eigenvalue weighted by molar-refractivity contribution is 0.695. The molecule has 0 radical (unpaired) electrons. The number of hydrogen-bond donors (Lipinski definition) is 1. The Balaban J connectivity index is 2.25. The van der Waals surface area contributed by atoms with Crippen molar-refractivity contribution in [2.75, 3.05) is 25.0 Å². The molecule has 0 aliphatic heterocycles. The zero-order chi connectivity index (χ0) is 13.8. The summed E-state index contributed by atoms with van der Waals surface area (Å²) in [5.74, 6) is 2.20. The van der Waals surface area contributed by atoms with Crippen LogP contribution in [0.2, 0.25) is 0 Å². The fraction of sp³-hybridized carbons (Fsp3) is 0.733. The second-order valence-corrected chi connectivity index (χ2v) is 5.73. The molecule has 4 heteroatoms. The SMILES string of the molecule is CCN(CC1CC1)c1cnc(C(C)C)nc1CNC. The van der Waals surface area contributed by atoms with Crippen LogP contribution in [0.4, 0.5) is 5.69 Å². The predicted octanol–water partition coefficient (Wildman–Crippen LogP) is 2.56. The predicted molar refractivity (Wildman–Crippen MR) is 79.5 cm³/mol. The fourth-order valence-corrected chi connectivity index (χ4v) is 2.28. The van der Waals surface area contributed by atoms with E-state index in [0.717, 1.165) is 37.1 Å². The molecule has 0 spiro atoms. The molecule has 1 saturated carbocycles. The van der Waals surface area contributed by atoms with E-state index in [1.807, 2.05) is 13.2 Å². The van der Waals surface area contributed by atoms with Crippen LogP contribution in [0.3, 0.4) is 0 Å². The molecule has 1 aromatic rings. The van der Waals surface area contributed by atoms with Gasteiger partial charge in [-0.05, 0) is 32.7 Å². The van der Waals surface area contributed by atoms with Crippen LogP contribution in [-0.4, -0.2) is 30.1 Å². The van der Waals surface area contributed by atoms with Crippen LogP contribution in [0.25, 0.3) is 0 Å². The van der Waals surface area contributed by atoms with E-state index in [1.54, 1.807) is 0 Å². The zero-order valence-corrected chi connectivity index (χ0v) is 12.6. The van der Waals surface area contributed by atoms with Crippen LogP contribution in [0.5, 0.6) is 0 Å². The molecule has 19 heavy (non-hydrogen) atoms. The van der Waals surface area contributed by atoms with Crippen molar-refractivity contribution >= 4 is 5.69 Å². The maximum atomic E-state index is 4.74. The minimum atomic E-state index is 0.378. The topological polar surface area (TPSA) is 41.1 Å². The van der Waals surface area contributed by atoms with Gasteiger partial charge in [0, 0.05) is 25.6 Å². The molecule has 1 aliphatic rings. The summed E-state index contributed by atoms with van der Waals surface area (Å²) < 4.78 is 0. The van der Waals surface area contributed by atoms with Gasteiger partial charge in [0.2, 0.25) is 0 Å². The third-order valence-corrected chi connectivity index (χ3v) is 3.62. The summed E-state index contributed by atoms with van der Waals surface area (Å²) in [7, 11) is 1.97. The molecule has 4 nitrogen and oxygen atoms in total. The number of anilines is 1. The monoisotopic (exact) mass is 262 g/mol. The maximum absolute atomic E-state index is 4.74. The molecule has 1 fully saturated rings. The van der Waals surface area contributed by atoms with E-state index < -0.39 is 0 Å². The van der Waals surface area contributed by atoms with Crippen molar-refractivity contribution in [3.63, 3.8) is 0 Å². The average molecular weight is 262 g/mol. The Hall–Kier alpha value is -1.16. The van der Waals surface area contributed by atoms with E-state index in [9.17, 15) is 0 Å². The highest BCUT2D eigenvalue weighted by atomic mass is 15.2.